The van der Waals surface area contributed by atoms with Crippen molar-refractivity contribution in [3.63, 3.8) is 0 Å². The van der Waals surface area contributed by atoms with Gasteiger partial charge < -0.3 is 0 Å². The molecule has 3 rings (SSSR count). The summed E-state index contributed by atoms with van der Waals surface area (Å²) in [7, 11) is 0. The molecule has 0 aliphatic carbocycles. The molecule has 0 aromatic heterocycles. The topological polar surface area (TPSA) is 15.3 Å². The summed E-state index contributed by atoms with van der Waals surface area (Å²) in [5.74, 6) is 0.968. The number of hydrazine groups is 1. The van der Waals surface area contributed by atoms with Crippen molar-refractivity contribution in [1.29, 1.82) is 0 Å². The maximum Gasteiger partial charge on any atom is 0.0216 e. The van der Waals surface area contributed by atoms with Gasteiger partial charge in [-0.3, -0.25) is 5.43 Å². The van der Waals surface area contributed by atoms with Gasteiger partial charge >= 0.3 is 0 Å². The van der Waals surface area contributed by atoms with Crippen LogP contribution in [-0.2, 0) is 0 Å². The molecule has 0 aromatic carbocycles. The molecule has 3 aliphatic heterocycles. The molecular formula is C7H14N2. The Morgan fingerprint density at radius 3 is 2.22 bits per heavy atom. The largest absolute Gasteiger partial charge is 0.252 e. The van der Waals surface area contributed by atoms with Crippen LogP contribution in [0.15, 0.2) is 0 Å². The highest BCUT2D eigenvalue weighted by molar-refractivity contribution is 4.83. The number of piperidine rings is 1. The van der Waals surface area contributed by atoms with Gasteiger partial charge in [0.15, 0.2) is 0 Å². The molecule has 2 bridgehead atoms. The Balaban J connectivity index is 2.06. The summed E-state index contributed by atoms with van der Waals surface area (Å²) in [5, 5.41) is 2.35. The molecule has 0 spiro atoms. The lowest BCUT2D eigenvalue weighted by Crippen LogP contribution is -2.57. The summed E-state index contributed by atoms with van der Waals surface area (Å²) in [4.78, 5) is 0. The molecule has 0 amide bonds. The van der Waals surface area contributed by atoms with Crippen molar-refractivity contribution in [2.45, 2.75) is 25.8 Å². The zero-order chi connectivity index (χ0) is 6.27. The number of rotatable bonds is 0. The third-order valence-corrected chi connectivity index (χ3v) is 2.63. The fraction of sp³-hybridized carbons (Fsp3) is 1.00. The molecule has 1 N–H and O–H groups in total. The molecular weight excluding hydrogens is 112 g/mol. The van der Waals surface area contributed by atoms with Crippen molar-refractivity contribution in [2.75, 3.05) is 13.1 Å². The van der Waals surface area contributed by atoms with Crippen LogP contribution in [0.25, 0.3) is 0 Å². The van der Waals surface area contributed by atoms with E-state index < -0.39 is 0 Å². The molecule has 3 fully saturated rings. The summed E-state index contributed by atoms with van der Waals surface area (Å²) < 4.78 is 0. The molecule has 1 atom stereocenters. The number of nitrogens with zero attached hydrogens (tertiary/aromatic N) is 1. The van der Waals surface area contributed by atoms with Crippen LogP contribution in [-0.4, -0.2) is 24.1 Å². The van der Waals surface area contributed by atoms with E-state index in [-0.39, 0.29) is 0 Å². The summed E-state index contributed by atoms with van der Waals surface area (Å²) in [6, 6.07) is 0.743. The van der Waals surface area contributed by atoms with E-state index in [0.717, 1.165) is 12.0 Å². The second-order valence-corrected chi connectivity index (χ2v) is 3.24. The van der Waals surface area contributed by atoms with Gasteiger partial charge in [0.1, 0.15) is 0 Å². The Morgan fingerprint density at radius 2 is 2.00 bits per heavy atom. The van der Waals surface area contributed by atoms with E-state index in [4.69, 9.17) is 0 Å². The van der Waals surface area contributed by atoms with Gasteiger partial charge in [0, 0.05) is 19.1 Å². The lowest BCUT2D eigenvalue weighted by molar-refractivity contribution is 0.0194. The Morgan fingerprint density at radius 1 is 1.33 bits per heavy atom. The Labute approximate surface area is 56.2 Å². The summed E-state index contributed by atoms with van der Waals surface area (Å²) in [6.07, 6.45) is 2.82. The van der Waals surface area contributed by atoms with E-state index in [0.29, 0.717) is 0 Å². The first kappa shape index (κ1) is 5.69. The van der Waals surface area contributed by atoms with Gasteiger partial charge in [-0.05, 0) is 25.7 Å². The fourth-order valence-electron chi connectivity index (χ4n) is 1.92. The quantitative estimate of drug-likeness (QED) is 0.511. The van der Waals surface area contributed by atoms with E-state index in [1.165, 1.54) is 25.9 Å². The summed E-state index contributed by atoms with van der Waals surface area (Å²) in [5.41, 5.74) is 3.45. The van der Waals surface area contributed by atoms with Crippen LogP contribution in [0.5, 0.6) is 0 Å². The van der Waals surface area contributed by atoms with Crippen LogP contribution >= 0.6 is 0 Å². The fourth-order valence-corrected chi connectivity index (χ4v) is 1.92. The number of hydrogen-bond acceptors (Lipinski definition) is 2. The number of fused-ring (bicyclic) bond motifs is 3. The van der Waals surface area contributed by atoms with E-state index in [1.54, 1.807) is 0 Å². The monoisotopic (exact) mass is 126 g/mol. The average Bonchev–Trinajstić information content (AvgIpc) is 1.90. The van der Waals surface area contributed by atoms with E-state index in [1.807, 2.05) is 0 Å². The standard InChI is InChI=1S/C7H14N2/c1-6-7-2-4-9(8-6)5-3-7/h6-8H,2-5H2,1H3. The minimum atomic E-state index is 0.743. The molecule has 2 nitrogen and oxygen atoms in total. The Kier molecular flexibility index (Phi) is 1.24. The van der Waals surface area contributed by atoms with Crippen molar-refractivity contribution in [1.82, 2.24) is 10.4 Å². The first-order valence-corrected chi connectivity index (χ1v) is 3.87. The van der Waals surface area contributed by atoms with Crippen LogP contribution in [0.1, 0.15) is 19.8 Å². The van der Waals surface area contributed by atoms with Gasteiger partial charge in [-0.2, -0.15) is 0 Å². The first-order valence-electron chi connectivity index (χ1n) is 3.87. The molecule has 0 saturated carbocycles. The van der Waals surface area contributed by atoms with Crippen LogP contribution in [0.2, 0.25) is 0 Å². The number of nitrogens with one attached hydrogen (secondary N) is 1. The van der Waals surface area contributed by atoms with Gasteiger partial charge in [-0.15, -0.1) is 0 Å². The van der Waals surface area contributed by atoms with Crippen LogP contribution in [0.4, 0.5) is 0 Å². The van der Waals surface area contributed by atoms with Gasteiger partial charge in [0.25, 0.3) is 0 Å². The maximum atomic E-state index is 3.45. The first-order chi connectivity index (χ1) is 4.36. The van der Waals surface area contributed by atoms with Crippen molar-refractivity contribution < 1.29 is 0 Å². The highest BCUT2D eigenvalue weighted by Crippen LogP contribution is 2.24. The Bertz CT molecular complexity index is 105. The third kappa shape index (κ3) is 0.864. The van der Waals surface area contributed by atoms with Crippen LogP contribution in [0.3, 0.4) is 0 Å². The molecule has 52 valence electrons. The number of hydrogen-bond donors (Lipinski definition) is 1. The van der Waals surface area contributed by atoms with Gasteiger partial charge in [-0.1, -0.05) is 0 Å². The van der Waals surface area contributed by atoms with Gasteiger partial charge in [0.05, 0.1) is 0 Å². The highest BCUT2D eigenvalue weighted by Gasteiger charge is 2.30. The van der Waals surface area contributed by atoms with E-state index in [2.05, 4.69) is 17.4 Å². The molecule has 0 radical (unpaired) electrons. The molecule has 1 unspecified atom stereocenters. The Hall–Kier alpha value is -0.0800. The normalized spacial score (nSPS) is 49.7. The molecule has 2 heteroatoms. The van der Waals surface area contributed by atoms with E-state index >= 15 is 0 Å². The summed E-state index contributed by atoms with van der Waals surface area (Å²) in [6.45, 7) is 4.83. The van der Waals surface area contributed by atoms with Crippen molar-refractivity contribution in [2.24, 2.45) is 5.92 Å². The maximum absolute atomic E-state index is 3.45. The third-order valence-electron chi connectivity index (χ3n) is 2.63. The predicted octanol–water partition coefficient (Wildman–Crippen LogP) is 0.605. The van der Waals surface area contributed by atoms with Crippen molar-refractivity contribution in [3.8, 4) is 0 Å². The predicted molar refractivity (Wildman–Crippen MR) is 36.9 cm³/mol. The summed E-state index contributed by atoms with van der Waals surface area (Å²) >= 11 is 0. The molecule has 3 heterocycles. The van der Waals surface area contributed by atoms with E-state index in [9.17, 15) is 0 Å². The highest BCUT2D eigenvalue weighted by atomic mass is 15.5. The molecule has 3 aliphatic rings. The zero-order valence-electron chi connectivity index (χ0n) is 5.93. The van der Waals surface area contributed by atoms with Crippen molar-refractivity contribution >= 4 is 0 Å². The van der Waals surface area contributed by atoms with Crippen LogP contribution in [0, 0.1) is 5.92 Å². The SMILES string of the molecule is CC1NN2CCC1CC2. The molecule has 9 heavy (non-hydrogen) atoms. The lowest BCUT2D eigenvalue weighted by Gasteiger charge is -2.44. The minimum absolute atomic E-state index is 0.743. The lowest BCUT2D eigenvalue weighted by atomic mass is 9.89. The van der Waals surface area contributed by atoms with Crippen LogP contribution < -0.4 is 5.43 Å². The minimum Gasteiger partial charge on any atom is -0.252 e. The zero-order valence-corrected chi connectivity index (χ0v) is 5.93. The van der Waals surface area contributed by atoms with Gasteiger partial charge in [-0.25, -0.2) is 5.01 Å². The molecule has 3 saturated heterocycles. The second kappa shape index (κ2) is 1.96. The van der Waals surface area contributed by atoms with Gasteiger partial charge in [0.2, 0.25) is 0 Å². The second-order valence-electron chi connectivity index (χ2n) is 3.24. The molecule has 0 aromatic rings. The van der Waals surface area contributed by atoms with Crippen molar-refractivity contribution in [3.05, 3.63) is 0 Å². The smallest absolute Gasteiger partial charge is 0.0216 e. The average molecular weight is 126 g/mol.